The molecule has 1 rings (SSSR count). The lowest BCUT2D eigenvalue weighted by Crippen LogP contribution is -2.31. The Labute approximate surface area is 111 Å². The van der Waals surface area contributed by atoms with Gasteiger partial charge in [0.2, 0.25) is 0 Å². The summed E-state index contributed by atoms with van der Waals surface area (Å²) in [5.74, 6) is -1.61. The molecule has 0 saturated heterocycles. The fourth-order valence-corrected chi connectivity index (χ4v) is 1.47. The Bertz CT molecular complexity index is 377. The third-order valence-corrected chi connectivity index (χ3v) is 2.36. The number of alkyl halides is 2. The van der Waals surface area contributed by atoms with Crippen LogP contribution < -0.4 is 10.6 Å². The van der Waals surface area contributed by atoms with Gasteiger partial charge in [-0.15, -0.1) is 0 Å². The molecule has 0 fully saturated rings. The summed E-state index contributed by atoms with van der Waals surface area (Å²) in [5, 5.41) is 14.1. The van der Waals surface area contributed by atoms with Gasteiger partial charge in [0.15, 0.2) is 0 Å². The molecule has 1 aromatic rings. The van der Waals surface area contributed by atoms with Gasteiger partial charge in [0.05, 0.1) is 6.54 Å². The Morgan fingerprint density at radius 2 is 1.84 bits per heavy atom. The summed E-state index contributed by atoms with van der Waals surface area (Å²) in [6, 6.07) is 1.58. The van der Waals surface area contributed by atoms with Crippen LogP contribution in [-0.2, 0) is 6.42 Å². The third-order valence-electron chi connectivity index (χ3n) is 2.36. The largest absolute Gasteiger partial charge is 0.390 e. The summed E-state index contributed by atoms with van der Waals surface area (Å²) >= 11 is 0. The smallest absolute Gasteiger partial charge is 0.287 e. The first-order chi connectivity index (χ1) is 9.00. The maximum atomic E-state index is 13.0. The van der Waals surface area contributed by atoms with E-state index in [1.165, 1.54) is 0 Å². The van der Waals surface area contributed by atoms with Gasteiger partial charge in [-0.2, -0.15) is 0 Å². The Hall–Kier alpha value is -1.50. The molecule has 19 heavy (non-hydrogen) atoms. The van der Waals surface area contributed by atoms with Gasteiger partial charge in [0.1, 0.15) is 24.1 Å². The van der Waals surface area contributed by atoms with Crippen LogP contribution in [0.25, 0.3) is 0 Å². The Morgan fingerprint density at radius 1 is 1.21 bits per heavy atom. The van der Waals surface area contributed by atoms with Crippen molar-refractivity contribution in [3.8, 4) is 0 Å². The molecule has 0 atom stereocenters. The van der Waals surface area contributed by atoms with Crippen molar-refractivity contribution in [3.05, 3.63) is 11.9 Å². The molecule has 5 nitrogen and oxygen atoms in total. The SMILES string of the molecule is CCCc1nc(NCC)cc(NCC(F)(F)CO)n1. The second-order valence-corrected chi connectivity index (χ2v) is 4.20. The fraction of sp³-hybridized carbons (Fsp3) is 0.667. The van der Waals surface area contributed by atoms with E-state index >= 15 is 0 Å². The first-order valence-corrected chi connectivity index (χ1v) is 6.35. The molecule has 0 aliphatic rings. The molecule has 0 radical (unpaired) electrons. The molecular formula is C12H20F2N4O. The van der Waals surface area contributed by atoms with Crippen LogP contribution in [-0.4, -0.2) is 40.7 Å². The minimum atomic E-state index is -3.16. The molecule has 1 heterocycles. The molecule has 0 saturated carbocycles. The van der Waals surface area contributed by atoms with E-state index in [1.807, 2.05) is 13.8 Å². The lowest BCUT2D eigenvalue weighted by molar-refractivity contribution is -0.0373. The second kappa shape index (κ2) is 7.18. The minimum absolute atomic E-state index is 0.336. The zero-order valence-corrected chi connectivity index (χ0v) is 11.2. The molecule has 3 N–H and O–H groups in total. The normalized spacial score (nSPS) is 11.4. The van der Waals surface area contributed by atoms with Crippen LogP contribution in [0.3, 0.4) is 0 Å². The van der Waals surface area contributed by atoms with Crippen molar-refractivity contribution < 1.29 is 13.9 Å². The molecule has 7 heteroatoms. The predicted molar refractivity (Wildman–Crippen MR) is 70.7 cm³/mol. The maximum absolute atomic E-state index is 13.0. The van der Waals surface area contributed by atoms with Crippen molar-refractivity contribution >= 4 is 11.6 Å². The van der Waals surface area contributed by atoms with Gasteiger partial charge in [-0.05, 0) is 13.3 Å². The minimum Gasteiger partial charge on any atom is -0.390 e. The van der Waals surface area contributed by atoms with E-state index < -0.39 is 19.1 Å². The van der Waals surface area contributed by atoms with E-state index in [0.29, 0.717) is 30.4 Å². The molecule has 0 bridgehead atoms. The van der Waals surface area contributed by atoms with Crippen LogP contribution in [0.4, 0.5) is 20.4 Å². The lowest BCUT2D eigenvalue weighted by atomic mass is 10.3. The molecule has 0 spiro atoms. The molecular weight excluding hydrogens is 254 g/mol. The van der Waals surface area contributed by atoms with Gasteiger partial charge in [-0.1, -0.05) is 6.92 Å². The van der Waals surface area contributed by atoms with E-state index in [-0.39, 0.29) is 0 Å². The van der Waals surface area contributed by atoms with Crippen molar-refractivity contribution in [2.24, 2.45) is 0 Å². The number of anilines is 2. The van der Waals surface area contributed by atoms with Crippen molar-refractivity contribution in [3.63, 3.8) is 0 Å². The number of aromatic nitrogens is 2. The highest BCUT2D eigenvalue weighted by Gasteiger charge is 2.27. The molecule has 0 aliphatic carbocycles. The van der Waals surface area contributed by atoms with E-state index in [4.69, 9.17) is 5.11 Å². The summed E-state index contributed by atoms with van der Waals surface area (Å²) in [7, 11) is 0. The topological polar surface area (TPSA) is 70.1 Å². The number of halogens is 2. The predicted octanol–water partition coefficient (Wildman–Crippen LogP) is 1.90. The number of rotatable bonds is 8. The summed E-state index contributed by atoms with van der Waals surface area (Å²) in [6.45, 7) is 2.77. The first-order valence-electron chi connectivity index (χ1n) is 6.35. The summed E-state index contributed by atoms with van der Waals surface area (Å²) < 4.78 is 25.9. The maximum Gasteiger partial charge on any atom is 0.287 e. The van der Waals surface area contributed by atoms with Gasteiger partial charge in [0, 0.05) is 19.0 Å². The fourth-order valence-electron chi connectivity index (χ4n) is 1.47. The van der Waals surface area contributed by atoms with Crippen LogP contribution in [0.2, 0.25) is 0 Å². The highest BCUT2D eigenvalue weighted by atomic mass is 19.3. The van der Waals surface area contributed by atoms with Crippen LogP contribution >= 0.6 is 0 Å². The highest BCUT2D eigenvalue weighted by molar-refractivity contribution is 5.47. The number of aryl methyl sites for hydroxylation is 1. The quantitative estimate of drug-likeness (QED) is 0.675. The zero-order valence-electron chi connectivity index (χ0n) is 11.2. The van der Waals surface area contributed by atoms with Crippen LogP contribution in [0.1, 0.15) is 26.1 Å². The van der Waals surface area contributed by atoms with E-state index in [2.05, 4.69) is 20.6 Å². The Kier molecular flexibility index (Phi) is 5.88. The number of aliphatic hydroxyl groups excluding tert-OH is 1. The molecule has 0 aromatic carbocycles. The second-order valence-electron chi connectivity index (χ2n) is 4.20. The van der Waals surface area contributed by atoms with Gasteiger partial charge in [0.25, 0.3) is 5.92 Å². The Balaban J connectivity index is 2.80. The van der Waals surface area contributed by atoms with E-state index in [9.17, 15) is 8.78 Å². The lowest BCUT2D eigenvalue weighted by Gasteiger charge is -2.15. The van der Waals surface area contributed by atoms with Gasteiger partial charge < -0.3 is 15.7 Å². The van der Waals surface area contributed by atoms with Gasteiger partial charge in [-0.25, -0.2) is 18.7 Å². The number of nitrogens with zero attached hydrogens (tertiary/aromatic N) is 2. The summed E-state index contributed by atoms with van der Waals surface area (Å²) in [4.78, 5) is 8.44. The third kappa shape index (κ3) is 5.34. The average Bonchev–Trinajstić information content (AvgIpc) is 2.37. The van der Waals surface area contributed by atoms with Crippen LogP contribution in [0.5, 0.6) is 0 Å². The number of hydrogen-bond acceptors (Lipinski definition) is 5. The monoisotopic (exact) mass is 274 g/mol. The number of hydrogen-bond donors (Lipinski definition) is 3. The van der Waals surface area contributed by atoms with E-state index in [0.717, 1.165) is 6.42 Å². The van der Waals surface area contributed by atoms with Crippen LogP contribution in [0.15, 0.2) is 6.07 Å². The van der Waals surface area contributed by atoms with Crippen molar-refractivity contribution in [1.82, 2.24) is 9.97 Å². The van der Waals surface area contributed by atoms with Crippen LogP contribution in [0, 0.1) is 0 Å². The summed E-state index contributed by atoms with van der Waals surface area (Å²) in [6.07, 6.45) is 1.56. The molecule has 108 valence electrons. The van der Waals surface area contributed by atoms with Crippen molar-refractivity contribution in [1.29, 1.82) is 0 Å². The highest BCUT2D eigenvalue weighted by Crippen LogP contribution is 2.16. The summed E-state index contributed by atoms with van der Waals surface area (Å²) in [5.41, 5.74) is 0. The standard InChI is InChI=1S/C12H20F2N4O/c1-3-5-9-17-10(15-4-2)6-11(18-9)16-7-12(13,14)8-19/h6,19H,3-5,7-8H2,1-2H3,(H2,15,16,17,18). The Morgan fingerprint density at radius 3 is 2.37 bits per heavy atom. The molecule has 0 amide bonds. The van der Waals surface area contributed by atoms with Crippen molar-refractivity contribution in [2.45, 2.75) is 32.6 Å². The van der Waals surface area contributed by atoms with Crippen molar-refractivity contribution in [2.75, 3.05) is 30.3 Å². The number of nitrogens with one attached hydrogen (secondary N) is 2. The molecule has 0 aliphatic heterocycles. The van der Waals surface area contributed by atoms with E-state index in [1.54, 1.807) is 6.07 Å². The first kappa shape index (κ1) is 15.6. The number of aliphatic hydroxyl groups is 1. The zero-order chi connectivity index (χ0) is 14.3. The molecule has 0 unspecified atom stereocenters. The van der Waals surface area contributed by atoms with Gasteiger partial charge in [-0.3, -0.25) is 0 Å². The average molecular weight is 274 g/mol. The molecule has 1 aromatic heterocycles. The van der Waals surface area contributed by atoms with Gasteiger partial charge >= 0.3 is 0 Å².